The summed E-state index contributed by atoms with van der Waals surface area (Å²) >= 11 is 0. The summed E-state index contributed by atoms with van der Waals surface area (Å²) in [5.41, 5.74) is 3.43. The molecule has 0 radical (unpaired) electrons. The Hall–Kier alpha value is -2.69. The molecule has 1 heterocycles. The summed E-state index contributed by atoms with van der Waals surface area (Å²) in [7, 11) is 0. The third-order valence-corrected chi connectivity index (χ3v) is 3.51. The van der Waals surface area contributed by atoms with E-state index in [9.17, 15) is 9.59 Å². The fourth-order valence-electron chi connectivity index (χ4n) is 2.03. The summed E-state index contributed by atoms with van der Waals surface area (Å²) in [6.45, 7) is 6.56. The Morgan fingerprint density at radius 1 is 1.00 bits per heavy atom. The van der Waals surface area contributed by atoms with E-state index in [1.165, 1.54) is 0 Å². The van der Waals surface area contributed by atoms with E-state index in [1.807, 2.05) is 39.0 Å². The van der Waals surface area contributed by atoms with Crippen LogP contribution in [-0.2, 0) is 0 Å². The van der Waals surface area contributed by atoms with Crippen molar-refractivity contribution in [3.05, 3.63) is 58.9 Å². The van der Waals surface area contributed by atoms with Gasteiger partial charge in [0.1, 0.15) is 11.4 Å². The molecular formula is C18H21N3O2. The number of nitrogens with zero attached hydrogens (tertiary/aromatic N) is 1. The number of aryl methyl sites for hydroxylation is 2. The summed E-state index contributed by atoms with van der Waals surface area (Å²) in [6, 6.07) is 10.5. The second kappa shape index (κ2) is 7.54. The largest absolute Gasteiger partial charge is 0.351 e. The fraction of sp³-hybridized carbons (Fsp3) is 0.278. The number of rotatable bonds is 5. The van der Waals surface area contributed by atoms with Crippen LogP contribution in [0.2, 0.25) is 0 Å². The second-order valence-electron chi connectivity index (χ2n) is 5.42. The quantitative estimate of drug-likeness (QED) is 0.891. The van der Waals surface area contributed by atoms with Crippen molar-refractivity contribution in [3.8, 4) is 0 Å². The molecular weight excluding hydrogens is 290 g/mol. The Balaban J connectivity index is 2.13. The molecule has 0 spiro atoms. The molecule has 1 aromatic heterocycles. The molecule has 0 unspecified atom stereocenters. The van der Waals surface area contributed by atoms with Gasteiger partial charge in [0.25, 0.3) is 11.8 Å². The molecule has 0 saturated heterocycles. The molecule has 5 heteroatoms. The van der Waals surface area contributed by atoms with Crippen molar-refractivity contribution in [3.63, 3.8) is 0 Å². The van der Waals surface area contributed by atoms with Gasteiger partial charge in [0.2, 0.25) is 0 Å². The Morgan fingerprint density at radius 3 is 2.35 bits per heavy atom. The number of carbonyl (C=O) groups excluding carboxylic acids is 2. The van der Waals surface area contributed by atoms with E-state index in [0.29, 0.717) is 12.2 Å². The van der Waals surface area contributed by atoms with Gasteiger partial charge in [-0.1, -0.05) is 19.1 Å². The van der Waals surface area contributed by atoms with Crippen molar-refractivity contribution < 1.29 is 9.59 Å². The Kier molecular flexibility index (Phi) is 5.46. The Morgan fingerprint density at radius 2 is 1.70 bits per heavy atom. The summed E-state index contributed by atoms with van der Waals surface area (Å²) in [4.78, 5) is 28.3. The van der Waals surface area contributed by atoms with E-state index < -0.39 is 0 Å². The highest BCUT2D eigenvalue weighted by atomic mass is 16.2. The molecule has 5 nitrogen and oxygen atoms in total. The van der Waals surface area contributed by atoms with Gasteiger partial charge in [0.05, 0.1) is 0 Å². The maximum absolute atomic E-state index is 12.3. The third-order valence-electron chi connectivity index (χ3n) is 3.51. The first-order valence-corrected chi connectivity index (χ1v) is 7.65. The lowest BCUT2D eigenvalue weighted by Gasteiger charge is -2.08. The monoisotopic (exact) mass is 311 g/mol. The van der Waals surface area contributed by atoms with E-state index in [4.69, 9.17) is 0 Å². The van der Waals surface area contributed by atoms with E-state index in [1.54, 1.807) is 18.2 Å². The zero-order valence-corrected chi connectivity index (χ0v) is 13.6. The average Bonchev–Trinajstić information content (AvgIpc) is 2.56. The molecule has 0 aliphatic rings. The van der Waals surface area contributed by atoms with Crippen LogP contribution in [0.15, 0.2) is 36.4 Å². The van der Waals surface area contributed by atoms with Gasteiger partial charge >= 0.3 is 0 Å². The molecule has 2 rings (SSSR count). The highest BCUT2D eigenvalue weighted by molar-refractivity contribution is 6.03. The molecule has 1 aromatic carbocycles. The lowest BCUT2D eigenvalue weighted by molar-refractivity contribution is 0.0948. The molecule has 0 saturated carbocycles. The van der Waals surface area contributed by atoms with Crippen LogP contribution < -0.4 is 10.6 Å². The van der Waals surface area contributed by atoms with Gasteiger partial charge in [-0.3, -0.25) is 9.59 Å². The van der Waals surface area contributed by atoms with E-state index >= 15 is 0 Å². The van der Waals surface area contributed by atoms with Crippen LogP contribution in [0.25, 0.3) is 0 Å². The summed E-state index contributed by atoms with van der Waals surface area (Å²) in [6.07, 6.45) is 0.846. The minimum atomic E-state index is -0.335. The van der Waals surface area contributed by atoms with Crippen LogP contribution in [0.4, 0.5) is 5.69 Å². The van der Waals surface area contributed by atoms with Crippen LogP contribution in [0.1, 0.15) is 45.4 Å². The normalized spacial score (nSPS) is 10.2. The molecule has 0 aliphatic carbocycles. The predicted molar refractivity (Wildman–Crippen MR) is 90.7 cm³/mol. The van der Waals surface area contributed by atoms with Crippen molar-refractivity contribution in [1.29, 1.82) is 0 Å². The van der Waals surface area contributed by atoms with Gasteiger partial charge in [-0.25, -0.2) is 4.98 Å². The molecule has 0 fully saturated rings. The maximum Gasteiger partial charge on any atom is 0.274 e. The van der Waals surface area contributed by atoms with Gasteiger partial charge in [0, 0.05) is 12.2 Å². The average molecular weight is 311 g/mol. The zero-order chi connectivity index (χ0) is 16.8. The molecule has 0 bridgehead atoms. The number of hydrogen-bond acceptors (Lipinski definition) is 3. The van der Waals surface area contributed by atoms with Crippen LogP contribution in [0, 0.1) is 13.8 Å². The third kappa shape index (κ3) is 4.39. The van der Waals surface area contributed by atoms with E-state index in [-0.39, 0.29) is 23.2 Å². The highest BCUT2D eigenvalue weighted by Crippen LogP contribution is 2.15. The topological polar surface area (TPSA) is 71.1 Å². The first kappa shape index (κ1) is 16.7. The molecule has 0 atom stereocenters. The number of carbonyl (C=O) groups is 2. The summed E-state index contributed by atoms with van der Waals surface area (Å²) in [5.74, 6) is -0.605. The molecule has 23 heavy (non-hydrogen) atoms. The molecule has 2 amide bonds. The lowest BCUT2D eigenvalue weighted by atomic mass is 10.1. The number of anilines is 1. The molecule has 120 valence electrons. The van der Waals surface area contributed by atoms with Crippen molar-refractivity contribution in [1.82, 2.24) is 10.3 Å². The van der Waals surface area contributed by atoms with Crippen molar-refractivity contribution >= 4 is 17.5 Å². The molecule has 0 aliphatic heterocycles. The summed E-state index contributed by atoms with van der Waals surface area (Å²) < 4.78 is 0. The summed E-state index contributed by atoms with van der Waals surface area (Å²) in [5, 5.41) is 5.55. The van der Waals surface area contributed by atoms with E-state index in [2.05, 4.69) is 15.6 Å². The second-order valence-corrected chi connectivity index (χ2v) is 5.42. The van der Waals surface area contributed by atoms with Gasteiger partial charge in [0.15, 0.2) is 0 Å². The number of nitrogens with one attached hydrogen (secondary N) is 2. The fourth-order valence-corrected chi connectivity index (χ4v) is 2.03. The first-order valence-electron chi connectivity index (χ1n) is 7.65. The van der Waals surface area contributed by atoms with Gasteiger partial charge in [-0.2, -0.15) is 0 Å². The van der Waals surface area contributed by atoms with Crippen LogP contribution >= 0.6 is 0 Å². The van der Waals surface area contributed by atoms with Crippen molar-refractivity contribution in [2.75, 3.05) is 11.9 Å². The smallest absolute Gasteiger partial charge is 0.274 e. The minimum absolute atomic E-state index is 0.215. The van der Waals surface area contributed by atoms with Crippen LogP contribution in [0.5, 0.6) is 0 Å². The predicted octanol–water partition coefficient (Wildman–Crippen LogP) is 3.09. The van der Waals surface area contributed by atoms with Crippen molar-refractivity contribution in [2.45, 2.75) is 27.2 Å². The Bertz CT molecular complexity index is 726. The zero-order valence-electron chi connectivity index (χ0n) is 13.6. The number of amides is 2. The van der Waals surface area contributed by atoms with Gasteiger partial charge in [-0.15, -0.1) is 0 Å². The maximum atomic E-state index is 12.3. The highest BCUT2D eigenvalue weighted by Gasteiger charge is 2.12. The van der Waals surface area contributed by atoms with Crippen molar-refractivity contribution in [2.24, 2.45) is 0 Å². The minimum Gasteiger partial charge on any atom is -0.351 e. The molecule has 2 aromatic rings. The standard InChI is InChI=1S/C18H21N3O2/c1-4-10-19-17(22)15-6-5-7-16(21-15)18(23)20-14-9-8-12(2)13(3)11-14/h5-9,11H,4,10H2,1-3H3,(H,19,22)(H,20,23). The first-order chi connectivity index (χ1) is 11.0. The van der Waals surface area contributed by atoms with Crippen LogP contribution in [-0.4, -0.2) is 23.3 Å². The number of aromatic nitrogens is 1. The van der Waals surface area contributed by atoms with Crippen LogP contribution in [0.3, 0.4) is 0 Å². The SMILES string of the molecule is CCCNC(=O)c1cccc(C(=O)Nc2ccc(C)c(C)c2)n1. The lowest BCUT2D eigenvalue weighted by Crippen LogP contribution is -2.26. The number of hydrogen-bond donors (Lipinski definition) is 2. The number of benzene rings is 1. The van der Waals surface area contributed by atoms with E-state index in [0.717, 1.165) is 17.5 Å². The van der Waals surface area contributed by atoms with Gasteiger partial charge in [-0.05, 0) is 55.7 Å². The molecule has 2 N–H and O–H groups in total. The Labute approximate surface area is 136 Å². The van der Waals surface area contributed by atoms with Gasteiger partial charge < -0.3 is 10.6 Å². The number of pyridine rings is 1.